The van der Waals surface area contributed by atoms with Crippen LogP contribution in [0.2, 0.25) is 0 Å². The molecule has 6 heteroatoms. The highest BCUT2D eigenvalue weighted by Crippen LogP contribution is 2.40. The van der Waals surface area contributed by atoms with Gasteiger partial charge in [-0.2, -0.15) is 0 Å². The SMILES string of the molecule is CCC(C)(C)C1CCC(NC(=O)c2ccc(OCC(=O)NC(C)C)c(OC)c2)CC1. The summed E-state index contributed by atoms with van der Waals surface area (Å²) in [5.41, 5.74) is 0.895. The van der Waals surface area contributed by atoms with Crippen LogP contribution in [0.5, 0.6) is 11.5 Å². The largest absolute Gasteiger partial charge is 0.493 e. The van der Waals surface area contributed by atoms with Crippen molar-refractivity contribution in [2.75, 3.05) is 13.7 Å². The van der Waals surface area contributed by atoms with Crippen LogP contribution >= 0.6 is 0 Å². The van der Waals surface area contributed by atoms with Crippen molar-refractivity contribution >= 4 is 11.8 Å². The molecule has 30 heavy (non-hydrogen) atoms. The number of hydrogen-bond donors (Lipinski definition) is 2. The summed E-state index contributed by atoms with van der Waals surface area (Å²) in [7, 11) is 1.52. The summed E-state index contributed by atoms with van der Waals surface area (Å²) in [6, 6.07) is 5.31. The van der Waals surface area contributed by atoms with Gasteiger partial charge in [0, 0.05) is 17.6 Å². The van der Waals surface area contributed by atoms with Crippen molar-refractivity contribution < 1.29 is 19.1 Å². The van der Waals surface area contributed by atoms with Crippen LogP contribution in [0.4, 0.5) is 0 Å². The maximum Gasteiger partial charge on any atom is 0.258 e. The average Bonchev–Trinajstić information content (AvgIpc) is 2.72. The lowest BCUT2D eigenvalue weighted by molar-refractivity contribution is -0.123. The lowest BCUT2D eigenvalue weighted by Gasteiger charge is -2.39. The summed E-state index contributed by atoms with van der Waals surface area (Å²) in [6.07, 6.45) is 5.52. The highest BCUT2D eigenvalue weighted by Gasteiger charge is 2.32. The fourth-order valence-electron chi connectivity index (χ4n) is 4.01. The Morgan fingerprint density at radius 3 is 2.37 bits per heavy atom. The van der Waals surface area contributed by atoms with Gasteiger partial charge in [0.1, 0.15) is 0 Å². The Hall–Kier alpha value is -2.24. The van der Waals surface area contributed by atoms with E-state index in [9.17, 15) is 9.59 Å². The Balaban J connectivity index is 1.93. The standard InChI is InChI=1S/C24H38N2O4/c1-7-24(4,5)18-9-11-19(12-10-18)26-23(28)17-8-13-20(21(14-17)29-6)30-15-22(27)25-16(2)3/h8,13-14,16,18-19H,7,9-12,15H2,1-6H3,(H,25,27)(H,26,28). The quantitative estimate of drug-likeness (QED) is 0.626. The van der Waals surface area contributed by atoms with Crippen molar-refractivity contribution in [3.05, 3.63) is 23.8 Å². The van der Waals surface area contributed by atoms with E-state index in [1.54, 1.807) is 18.2 Å². The van der Waals surface area contributed by atoms with E-state index in [1.165, 1.54) is 13.5 Å². The van der Waals surface area contributed by atoms with E-state index in [0.717, 1.165) is 31.6 Å². The molecule has 1 aromatic carbocycles. The number of methoxy groups -OCH3 is 1. The van der Waals surface area contributed by atoms with Crippen LogP contribution in [0.15, 0.2) is 18.2 Å². The predicted octanol–water partition coefficient (Wildman–Crippen LogP) is 4.32. The van der Waals surface area contributed by atoms with E-state index in [-0.39, 0.29) is 30.5 Å². The molecule has 0 bridgehead atoms. The van der Waals surface area contributed by atoms with E-state index in [2.05, 4.69) is 31.4 Å². The van der Waals surface area contributed by atoms with Crippen LogP contribution in [0.3, 0.4) is 0 Å². The summed E-state index contributed by atoms with van der Waals surface area (Å²) in [6.45, 7) is 10.6. The molecule has 0 heterocycles. The van der Waals surface area contributed by atoms with Gasteiger partial charge in [-0.1, -0.05) is 27.2 Å². The molecule has 2 amide bonds. The minimum Gasteiger partial charge on any atom is -0.493 e. The van der Waals surface area contributed by atoms with E-state index < -0.39 is 0 Å². The third-order valence-corrected chi connectivity index (χ3v) is 6.31. The molecule has 0 spiro atoms. The number of amides is 2. The zero-order chi connectivity index (χ0) is 22.3. The van der Waals surface area contributed by atoms with Crippen LogP contribution in [0, 0.1) is 11.3 Å². The molecule has 2 rings (SSSR count). The van der Waals surface area contributed by atoms with Gasteiger partial charge in [0.25, 0.3) is 11.8 Å². The molecule has 168 valence electrons. The second kappa shape index (κ2) is 10.7. The normalized spacial score (nSPS) is 19.3. The molecule has 0 radical (unpaired) electrons. The first kappa shape index (κ1) is 24.0. The van der Waals surface area contributed by atoms with Crippen LogP contribution < -0.4 is 20.1 Å². The molecule has 0 aliphatic heterocycles. The topological polar surface area (TPSA) is 76.7 Å². The fraction of sp³-hybridized carbons (Fsp3) is 0.667. The van der Waals surface area contributed by atoms with Crippen molar-refractivity contribution in [2.45, 2.75) is 78.8 Å². The summed E-state index contributed by atoms with van der Waals surface area (Å²) in [4.78, 5) is 24.5. The molecule has 0 unspecified atom stereocenters. The van der Waals surface area contributed by atoms with Gasteiger partial charge in [-0.05, 0) is 69.1 Å². The Morgan fingerprint density at radius 1 is 1.13 bits per heavy atom. The highest BCUT2D eigenvalue weighted by atomic mass is 16.5. The maximum absolute atomic E-state index is 12.7. The van der Waals surface area contributed by atoms with Gasteiger partial charge in [0.2, 0.25) is 0 Å². The molecule has 6 nitrogen and oxygen atoms in total. The van der Waals surface area contributed by atoms with Gasteiger partial charge in [-0.25, -0.2) is 0 Å². The van der Waals surface area contributed by atoms with E-state index in [4.69, 9.17) is 9.47 Å². The number of hydrogen-bond acceptors (Lipinski definition) is 4. The lowest BCUT2D eigenvalue weighted by Crippen LogP contribution is -2.39. The molecule has 0 atom stereocenters. The van der Waals surface area contributed by atoms with E-state index in [1.807, 2.05) is 13.8 Å². The molecular formula is C24H38N2O4. The van der Waals surface area contributed by atoms with Crippen molar-refractivity contribution in [1.29, 1.82) is 0 Å². The molecular weight excluding hydrogens is 380 g/mol. The smallest absolute Gasteiger partial charge is 0.258 e. The lowest BCUT2D eigenvalue weighted by atomic mass is 9.69. The Labute approximate surface area is 181 Å². The van der Waals surface area contributed by atoms with Crippen LogP contribution in [-0.4, -0.2) is 37.6 Å². The zero-order valence-corrected chi connectivity index (χ0v) is 19.3. The summed E-state index contributed by atoms with van der Waals surface area (Å²) in [5, 5.41) is 5.94. The minimum absolute atomic E-state index is 0.0529. The number of carbonyl (C=O) groups excluding carboxylic acids is 2. The fourth-order valence-corrected chi connectivity index (χ4v) is 4.01. The van der Waals surface area contributed by atoms with Crippen LogP contribution in [0.1, 0.15) is 77.1 Å². The monoisotopic (exact) mass is 418 g/mol. The number of nitrogens with one attached hydrogen (secondary N) is 2. The second-order valence-corrected chi connectivity index (χ2v) is 9.24. The van der Waals surface area contributed by atoms with Gasteiger partial charge in [-0.15, -0.1) is 0 Å². The summed E-state index contributed by atoms with van der Waals surface area (Å²) >= 11 is 0. The summed E-state index contributed by atoms with van der Waals surface area (Å²) < 4.78 is 10.9. The third-order valence-electron chi connectivity index (χ3n) is 6.31. The molecule has 1 saturated carbocycles. The third kappa shape index (κ3) is 6.64. The first-order valence-corrected chi connectivity index (χ1v) is 11.1. The van der Waals surface area contributed by atoms with Gasteiger partial charge in [-0.3, -0.25) is 9.59 Å². The first-order valence-electron chi connectivity index (χ1n) is 11.1. The Morgan fingerprint density at radius 2 is 1.80 bits per heavy atom. The Bertz CT molecular complexity index is 722. The second-order valence-electron chi connectivity index (χ2n) is 9.24. The zero-order valence-electron chi connectivity index (χ0n) is 19.3. The van der Waals surface area contributed by atoms with Gasteiger partial charge in [0.15, 0.2) is 18.1 Å². The number of ether oxygens (including phenoxy) is 2. The minimum atomic E-state index is -0.198. The molecule has 1 aliphatic carbocycles. The van der Waals surface area contributed by atoms with Crippen molar-refractivity contribution in [1.82, 2.24) is 10.6 Å². The molecule has 1 aromatic rings. The highest BCUT2D eigenvalue weighted by molar-refractivity contribution is 5.95. The van der Waals surface area contributed by atoms with Crippen LogP contribution in [-0.2, 0) is 4.79 Å². The average molecular weight is 419 g/mol. The van der Waals surface area contributed by atoms with E-state index in [0.29, 0.717) is 22.5 Å². The predicted molar refractivity (Wildman–Crippen MR) is 119 cm³/mol. The number of rotatable bonds is 9. The molecule has 0 aromatic heterocycles. The number of carbonyl (C=O) groups is 2. The van der Waals surface area contributed by atoms with Crippen molar-refractivity contribution in [2.24, 2.45) is 11.3 Å². The molecule has 1 aliphatic rings. The number of benzene rings is 1. The Kier molecular flexibility index (Phi) is 8.56. The van der Waals surface area contributed by atoms with Gasteiger partial charge >= 0.3 is 0 Å². The molecule has 1 fully saturated rings. The molecule has 0 saturated heterocycles. The maximum atomic E-state index is 12.7. The van der Waals surface area contributed by atoms with Crippen molar-refractivity contribution in [3.63, 3.8) is 0 Å². The van der Waals surface area contributed by atoms with E-state index >= 15 is 0 Å². The van der Waals surface area contributed by atoms with Crippen molar-refractivity contribution in [3.8, 4) is 11.5 Å². The van der Waals surface area contributed by atoms with Gasteiger partial charge < -0.3 is 20.1 Å². The van der Waals surface area contributed by atoms with Crippen LogP contribution in [0.25, 0.3) is 0 Å². The summed E-state index contributed by atoms with van der Waals surface area (Å²) in [5.74, 6) is 1.30. The molecule has 2 N–H and O–H groups in total. The first-order chi connectivity index (χ1) is 14.2. The van der Waals surface area contributed by atoms with Gasteiger partial charge in [0.05, 0.1) is 7.11 Å².